The zero-order chi connectivity index (χ0) is 24.4. The Labute approximate surface area is 188 Å². The Bertz CT molecular complexity index is 937. The molecule has 1 saturated heterocycles. The molecule has 0 aliphatic carbocycles. The van der Waals surface area contributed by atoms with Crippen molar-refractivity contribution in [2.24, 2.45) is 0 Å². The fraction of sp³-hybridized carbons (Fsp3) is 0.667. The Kier molecular flexibility index (Phi) is 9.99. The van der Waals surface area contributed by atoms with Gasteiger partial charge in [-0.05, 0) is 6.42 Å². The molecule has 2 rings (SSSR count). The van der Waals surface area contributed by atoms with Gasteiger partial charge in [-0.3, -0.25) is 14.3 Å². The number of carbonyl (C=O) groups excluding carboxylic acids is 1. The Morgan fingerprint density at radius 1 is 1.33 bits per heavy atom. The molecule has 184 valence electrons. The molecule has 0 spiro atoms. The lowest BCUT2D eigenvalue weighted by Gasteiger charge is -2.18. The highest BCUT2D eigenvalue weighted by molar-refractivity contribution is 5.67. The van der Waals surface area contributed by atoms with Crippen molar-refractivity contribution in [1.82, 2.24) is 14.9 Å². The van der Waals surface area contributed by atoms with Crippen molar-refractivity contribution >= 4 is 6.09 Å². The molecule has 3 atom stereocenters. The highest BCUT2D eigenvalue weighted by Crippen LogP contribution is 2.32. The van der Waals surface area contributed by atoms with Gasteiger partial charge in [0, 0.05) is 19.2 Å². The first-order valence-corrected chi connectivity index (χ1v) is 10.7. The molecule has 1 amide bonds. The molecule has 12 heteroatoms. The number of nitrogens with one attached hydrogen (secondary N) is 2. The summed E-state index contributed by atoms with van der Waals surface area (Å²) in [5, 5.41) is 2.61. The van der Waals surface area contributed by atoms with Crippen molar-refractivity contribution in [3.8, 4) is 12.3 Å². The summed E-state index contributed by atoms with van der Waals surface area (Å²) in [7, 11) is 0. The lowest BCUT2D eigenvalue weighted by Crippen LogP contribution is -2.36. The fourth-order valence-corrected chi connectivity index (χ4v) is 3.38. The fourth-order valence-electron chi connectivity index (χ4n) is 3.38. The number of H-pyrrole nitrogens is 1. The van der Waals surface area contributed by atoms with E-state index in [1.165, 1.54) is 0 Å². The van der Waals surface area contributed by atoms with Crippen LogP contribution < -0.4 is 16.6 Å². The third-order valence-corrected chi connectivity index (χ3v) is 5.07. The lowest BCUT2D eigenvalue weighted by atomic mass is 10.1. The van der Waals surface area contributed by atoms with Crippen molar-refractivity contribution in [2.45, 2.75) is 70.1 Å². The van der Waals surface area contributed by atoms with Crippen LogP contribution in [0.3, 0.4) is 0 Å². The summed E-state index contributed by atoms with van der Waals surface area (Å²) >= 11 is 0. The molecule has 0 saturated carbocycles. The molecule has 1 aliphatic rings. The third-order valence-electron chi connectivity index (χ3n) is 5.07. The second-order valence-corrected chi connectivity index (χ2v) is 7.56. The van der Waals surface area contributed by atoms with Gasteiger partial charge in [0.15, 0.2) is 0 Å². The molecule has 0 radical (unpaired) electrons. The predicted molar refractivity (Wildman–Crippen MR) is 112 cm³/mol. The number of unbranched alkanes of at least 4 members (excludes halogenated alkanes) is 4. The summed E-state index contributed by atoms with van der Waals surface area (Å²) in [6.45, 7) is 2.17. The van der Waals surface area contributed by atoms with E-state index in [-0.39, 0.29) is 19.6 Å². The maximum Gasteiger partial charge on any atom is 0.423 e. The Morgan fingerprint density at radius 3 is 2.73 bits per heavy atom. The van der Waals surface area contributed by atoms with Crippen LogP contribution in [0.5, 0.6) is 0 Å². The maximum absolute atomic E-state index is 13.1. The normalized spacial score (nSPS) is 20.4. The number of hydrogen-bond donors (Lipinski definition) is 2. The van der Waals surface area contributed by atoms with Crippen LogP contribution in [0, 0.1) is 12.3 Å². The Morgan fingerprint density at radius 2 is 2.06 bits per heavy atom. The van der Waals surface area contributed by atoms with Crippen LogP contribution in [-0.4, -0.2) is 47.6 Å². The molecule has 0 unspecified atom stereocenters. The molecular formula is C21H28F3N3O6. The van der Waals surface area contributed by atoms with Crippen LogP contribution in [0.4, 0.5) is 18.0 Å². The van der Waals surface area contributed by atoms with Gasteiger partial charge in [-0.25, -0.2) is 9.59 Å². The van der Waals surface area contributed by atoms with Crippen LogP contribution >= 0.6 is 0 Å². The number of alkyl carbamates (subject to hydrolysis) is 1. The molecule has 2 heterocycles. The first-order valence-electron chi connectivity index (χ1n) is 10.7. The summed E-state index contributed by atoms with van der Waals surface area (Å²) in [4.78, 5) is 37.2. The highest BCUT2D eigenvalue weighted by Gasteiger charge is 2.40. The predicted octanol–water partition coefficient (Wildman–Crippen LogP) is 2.56. The lowest BCUT2D eigenvalue weighted by molar-refractivity contribution is -0.139. The number of hydrogen-bond acceptors (Lipinski definition) is 6. The van der Waals surface area contributed by atoms with Gasteiger partial charge in [0.2, 0.25) is 0 Å². The average Bonchev–Trinajstić information content (AvgIpc) is 3.15. The van der Waals surface area contributed by atoms with Gasteiger partial charge >= 0.3 is 18.0 Å². The van der Waals surface area contributed by atoms with Crippen molar-refractivity contribution in [3.05, 3.63) is 32.6 Å². The number of halogens is 3. The van der Waals surface area contributed by atoms with Gasteiger partial charge in [-0.1, -0.05) is 38.5 Å². The average molecular weight is 475 g/mol. The molecule has 2 N–H and O–H groups in total. The van der Waals surface area contributed by atoms with Crippen LogP contribution in [0.1, 0.15) is 57.2 Å². The molecule has 1 fully saturated rings. The van der Waals surface area contributed by atoms with Gasteiger partial charge in [-0.15, -0.1) is 6.42 Å². The van der Waals surface area contributed by atoms with Gasteiger partial charge in [-0.2, -0.15) is 13.2 Å². The van der Waals surface area contributed by atoms with Crippen LogP contribution in [0.25, 0.3) is 0 Å². The monoisotopic (exact) mass is 475 g/mol. The van der Waals surface area contributed by atoms with Crippen molar-refractivity contribution in [1.29, 1.82) is 0 Å². The van der Waals surface area contributed by atoms with E-state index >= 15 is 0 Å². The third kappa shape index (κ3) is 7.94. The van der Waals surface area contributed by atoms with E-state index in [0.29, 0.717) is 17.3 Å². The van der Waals surface area contributed by atoms with Crippen LogP contribution in [0.15, 0.2) is 15.8 Å². The van der Waals surface area contributed by atoms with E-state index < -0.39 is 47.5 Å². The molecule has 9 nitrogen and oxygen atoms in total. The zero-order valence-corrected chi connectivity index (χ0v) is 18.3. The van der Waals surface area contributed by atoms with E-state index in [1.54, 1.807) is 4.98 Å². The number of nitrogens with zero attached hydrogens (tertiary/aromatic N) is 1. The Hall–Kier alpha value is -2.78. The number of terminal acetylenes is 1. The van der Waals surface area contributed by atoms with E-state index in [9.17, 15) is 27.6 Å². The summed E-state index contributed by atoms with van der Waals surface area (Å²) in [6, 6.07) is 0. The van der Waals surface area contributed by atoms with E-state index in [1.807, 2.05) is 0 Å². The number of alkyl halides is 3. The molecule has 0 aromatic carbocycles. The minimum atomic E-state index is -4.96. The van der Waals surface area contributed by atoms with E-state index in [4.69, 9.17) is 20.6 Å². The SMILES string of the molecule is C#CCO[C@H]1C[C@H](n2cc(C(F)(F)F)c(=O)[nH]c2=O)O[C@@H]1COC(=O)NCCCCCCC. The summed E-state index contributed by atoms with van der Waals surface area (Å²) < 4.78 is 56.1. The first-order chi connectivity index (χ1) is 15.7. The standard InChI is InChI=1S/C21H28F3N3O6/c1-3-5-6-7-8-9-25-20(30)32-13-16-15(31-10-4-2)11-17(33-16)27-12-14(21(22,23)24)18(28)26-19(27)29/h2,12,15-17H,3,5-11,13H2,1H3,(H,25,30)(H,26,28,29)/t15-,16+,17+/m0/s1. The number of aromatic nitrogens is 2. The topological polar surface area (TPSA) is 112 Å². The largest absolute Gasteiger partial charge is 0.447 e. The second kappa shape index (κ2) is 12.5. The number of amides is 1. The highest BCUT2D eigenvalue weighted by atomic mass is 19.4. The molecule has 1 aromatic heterocycles. The second-order valence-electron chi connectivity index (χ2n) is 7.56. The summed E-state index contributed by atoms with van der Waals surface area (Å²) in [5.41, 5.74) is -4.16. The Balaban J connectivity index is 2.01. The smallest absolute Gasteiger partial charge is 0.423 e. The molecule has 0 bridgehead atoms. The summed E-state index contributed by atoms with van der Waals surface area (Å²) in [6.07, 6.45) is 2.22. The quantitative estimate of drug-likeness (QED) is 0.376. The molecule has 1 aliphatic heterocycles. The van der Waals surface area contributed by atoms with Crippen molar-refractivity contribution < 1.29 is 32.2 Å². The van der Waals surface area contributed by atoms with Crippen molar-refractivity contribution in [3.63, 3.8) is 0 Å². The zero-order valence-electron chi connectivity index (χ0n) is 18.3. The number of aromatic amines is 1. The summed E-state index contributed by atoms with van der Waals surface area (Å²) in [5.74, 6) is 2.27. The van der Waals surface area contributed by atoms with E-state index in [0.717, 1.165) is 32.1 Å². The van der Waals surface area contributed by atoms with Gasteiger partial charge in [0.25, 0.3) is 5.56 Å². The van der Waals surface area contributed by atoms with Gasteiger partial charge in [0.1, 0.15) is 31.1 Å². The van der Waals surface area contributed by atoms with E-state index in [2.05, 4.69) is 18.2 Å². The van der Waals surface area contributed by atoms with Gasteiger partial charge in [0.05, 0.1) is 6.10 Å². The first kappa shape index (κ1) is 26.5. The maximum atomic E-state index is 13.1. The minimum absolute atomic E-state index is 0.0436. The number of ether oxygens (including phenoxy) is 3. The number of rotatable bonds is 11. The van der Waals surface area contributed by atoms with Gasteiger partial charge < -0.3 is 19.5 Å². The van der Waals surface area contributed by atoms with Crippen LogP contribution in [-0.2, 0) is 20.4 Å². The molecule has 1 aromatic rings. The number of carbonyl (C=O) groups is 1. The van der Waals surface area contributed by atoms with Crippen molar-refractivity contribution in [2.75, 3.05) is 19.8 Å². The minimum Gasteiger partial charge on any atom is -0.447 e. The van der Waals surface area contributed by atoms with Crippen LogP contribution in [0.2, 0.25) is 0 Å². The molecular weight excluding hydrogens is 447 g/mol. The molecule has 33 heavy (non-hydrogen) atoms.